The standard InChI is InChI=1S/C13H7BrClFN2O3/c14-9-5-4-7(18(20)21)6-8(9)13(19)17-12-10(15)2-1-3-11(12)16/h1-6H,(H,17,19). The van der Waals surface area contributed by atoms with Crippen molar-refractivity contribution >= 4 is 44.8 Å². The molecular weight excluding hydrogens is 367 g/mol. The van der Waals surface area contributed by atoms with E-state index in [1.54, 1.807) is 0 Å². The average molecular weight is 374 g/mol. The molecule has 1 N–H and O–H groups in total. The molecule has 0 bridgehead atoms. The van der Waals surface area contributed by atoms with Gasteiger partial charge in [-0.2, -0.15) is 0 Å². The molecule has 0 atom stereocenters. The van der Waals surface area contributed by atoms with Crippen molar-refractivity contribution < 1.29 is 14.1 Å². The molecule has 0 heterocycles. The van der Waals surface area contributed by atoms with Gasteiger partial charge in [-0.1, -0.05) is 17.7 Å². The predicted octanol–water partition coefficient (Wildman–Crippen LogP) is 4.40. The molecule has 0 saturated heterocycles. The van der Waals surface area contributed by atoms with E-state index in [-0.39, 0.29) is 22.0 Å². The van der Waals surface area contributed by atoms with Gasteiger partial charge in [0, 0.05) is 16.6 Å². The van der Waals surface area contributed by atoms with Crippen LogP contribution in [0.5, 0.6) is 0 Å². The Morgan fingerprint density at radius 2 is 2.05 bits per heavy atom. The Morgan fingerprint density at radius 3 is 2.67 bits per heavy atom. The lowest BCUT2D eigenvalue weighted by Gasteiger charge is -2.09. The van der Waals surface area contributed by atoms with Crippen LogP contribution in [0.1, 0.15) is 10.4 Å². The maximum absolute atomic E-state index is 13.6. The van der Waals surface area contributed by atoms with Crippen molar-refractivity contribution in [2.75, 3.05) is 5.32 Å². The van der Waals surface area contributed by atoms with Crippen LogP contribution in [0.2, 0.25) is 5.02 Å². The second-order valence-electron chi connectivity index (χ2n) is 3.97. The van der Waals surface area contributed by atoms with Crippen LogP contribution in [0.4, 0.5) is 15.8 Å². The number of nitrogens with one attached hydrogen (secondary N) is 1. The van der Waals surface area contributed by atoms with Gasteiger partial charge in [-0.05, 0) is 34.1 Å². The highest BCUT2D eigenvalue weighted by Gasteiger charge is 2.18. The third-order valence-corrected chi connectivity index (χ3v) is 3.61. The first kappa shape index (κ1) is 15.4. The van der Waals surface area contributed by atoms with Crippen molar-refractivity contribution in [1.29, 1.82) is 0 Å². The zero-order valence-electron chi connectivity index (χ0n) is 10.3. The van der Waals surface area contributed by atoms with Crippen LogP contribution in [0, 0.1) is 15.9 Å². The molecule has 8 heteroatoms. The topological polar surface area (TPSA) is 72.2 Å². The molecule has 0 spiro atoms. The third kappa shape index (κ3) is 3.37. The molecule has 5 nitrogen and oxygen atoms in total. The second kappa shape index (κ2) is 6.19. The molecule has 0 aliphatic heterocycles. The minimum atomic E-state index is -0.711. The number of hydrogen-bond acceptors (Lipinski definition) is 3. The number of nitro benzene ring substituents is 1. The van der Waals surface area contributed by atoms with E-state index in [0.29, 0.717) is 4.47 Å². The van der Waals surface area contributed by atoms with Gasteiger partial charge in [0.2, 0.25) is 0 Å². The molecule has 0 aliphatic rings. The number of para-hydroxylation sites is 1. The Morgan fingerprint density at radius 1 is 1.33 bits per heavy atom. The second-order valence-corrected chi connectivity index (χ2v) is 5.23. The van der Waals surface area contributed by atoms with Crippen molar-refractivity contribution in [3.8, 4) is 0 Å². The van der Waals surface area contributed by atoms with E-state index in [1.165, 1.54) is 24.3 Å². The average Bonchev–Trinajstić information content (AvgIpc) is 2.43. The van der Waals surface area contributed by atoms with Crippen LogP contribution in [0.3, 0.4) is 0 Å². The van der Waals surface area contributed by atoms with Crippen LogP contribution in [-0.4, -0.2) is 10.8 Å². The van der Waals surface area contributed by atoms with Crippen molar-refractivity contribution in [3.63, 3.8) is 0 Å². The van der Waals surface area contributed by atoms with Gasteiger partial charge in [0.15, 0.2) is 0 Å². The van der Waals surface area contributed by atoms with E-state index in [4.69, 9.17) is 11.6 Å². The fraction of sp³-hybridized carbons (Fsp3) is 0. The lowest BCUT2D eigenvalue weighted by atomic mass is 10.2. The Balaban J connectivity index is 2.37. The number of rotatable bonds is 3. The van der Waals surface area contributed by atoms with Crippen LogP contribution in [0.25, 0.3) is 0 Å². The highest BCUT2D eigenvalue weighted by molar-refractivity contribution is 9.10. The first-order chi connectivity index (χ1) is 9.90. The molecular formula is C13H7BrClFN2O3. The Kier molecular flexibility index (Phi) is 4.54. The molecule has 0 aliphatic carbocycles. The zero-order valence-corrected chi connectivity index (χ0v) is 12.6. The van der Waals surface area contributed by atoms with Crippen LogP contribution >= 0.6 is 27.5 Å². The monoisotopic (exact) mass is 372 g/mol. The van der Waals surface area contributed by atoms with Gasteiger partial charge in [-0.15, -0.1) is 0 Å². The molecule has 0 aromatic heterocycles. The Hall–Kier alpha value is -1.99. The lowest BCUT2D eigenvalue weighted by Crippen LogP contribution is -2.14. The minimum absolute atomic E-state index is 0.00326. The number of anilines is 1. The first-order valence-corrected chi connectivity index (χ1v) is 6.76. The van der Waals surface area contributed by atoms with Crippen LogP contribution in [0.15, 0.2) is 40.9 Å². The molecule has 2 aromatic rings. The summed E-state index contributed by atoms with van der Waals surface area (Å²) in [6.07, 6.45) is 0. The fourth-order valence-corrected chi connectivity index (χ4v) is 2.24. The molecule has 1 amide bonds. The maximum Gasteiger partial charge on any atom is 0.270 e. The van der Waals surface area contributed by atoms with Crippen molar-refractivity contribution in [3.05, 3.63) is 67.4 Å². The summed E-state index contributed by atoms with van der Waals surface area (Å²) < 4.78 is 14.0. The molecule has 2 rings (SSSR count). The molecule has 2 aromatic carbocycles. The number of carbonyl (C=O) groups is 1. The van der Waals surface area contributed by atoms with Crippen molar-refractivity contribution in [1.82, 2.24) is 0 Å². The summed E-state index contributed by atoms with van der Waals surface area (Å²) in [4.78, 5) is 22.2. The summed E-state index contributed by atoms with van der Waals surface area (Å²) in [7, 11) is 0. The maximum atomic E-state index is 13.6. The highest BCUT2D eigenvalue weighted by atomic mass is 79.9. The molecule has 0 fully saturated rings. The SMILES string of the molecule is O=C(Nc1c(F)cccc1Cl)c1cc([N+](=O)[O-])ccc1Br. The van der Waals surface area contributed by atoms with Crippen LogP contribution < -0.4 is 5.32 Å². The van der Waals surface area contributed by atoms with Gasteiger partial charge in [0.1, 0.15) is 5.82 Å². The van der Waals surface area contributed by atoms with E-state index in [9.17, 15) is 19.3 Å². The van der Waals surface area contributed by atoms with Gasteiger partial charge in [-0.25, -0.2) is 4.39 Å². The number of nitro groups is 1. The summed E-state index contributed by atoms with van der Waals surface area (Å²) in [5.74, 6) is -1.41. The molecule has 0 radical (unpaired) electrons. The fourth-order valence-electron chi connectivity index (χ4n) is 1.60. The van der Waals surface area contributed by atoms with Gasteiger partial charge in [0.05, 0.1) is 21.2 Å². The van der Waals surface area contributed by atoms with Gasteiger partial charge in [0.25, 0.3) is 11.6 Å². The Labute approximate surface area is 132 Å². The molecule has 0 unspecified atom stereocenters. The largest absolute Gasteiger partial charge is 0.318 e. The van der Waals surface area contributed by atoms with Gasteiger partial charge < -0.3 is 5.32 Å². The quantitative estimate of drug-likeness (QED) is 0.640. The normalized spacial score (nSPS) is 10.2. The number of carbonyl (C=O) groups excluding carboxylic acids is 1. The smallest absolute Gasteiger partial charge is 0.270 e. The summed E-state index contributed by atoms with van der Waals surface area (Å²) in [6.45, 7) is 0. The van der Waals surface area contributed by atoms with Gasteiger partial charge >= 0.3 is 0 Å². The summed E-state index contributed by atoms with van der Waals surface area (Å²) >= 11 is 8.93. The Bertz CT molecular complexity index is 719. The number of halogens is 3. The summed E-state index contributed by atoms with van der Waals surface area (Å²) in [5, 5.41) is 13.1. The van der Waals surface area contributed by atoms with E-state index < -0.39 is 16.6 Å². The van der Waals surface area contributed by atoms with E-state index in [1.807, 2.05) is 0 Å². The van der Waals surface area contributed by atoms with Gasteiger partial charge in [-0.3, -0.25) is 14.9 Å². The van der Waals surface area contributed by atoms with Crippen molar-refractivity contribution in [2.24, 2.45) is 0 Å². The van der Waals surface area contributed by atoms with Crippen molar-refractivity contribution in [2.45, 2.75) is 0 Å². The van der Waals surface area contributed by atoms with E-state index >= 15 is 0 Å². The summed E-state index contributed by atoms with van der Waals surface area (Å²) in [5.41, 5.74) is -0.422. The highest BCUT2D eigenvalue weighted by Crippen LogP contribution is 2.27. The lowest BCUT2D eigenvalue weighted by molar-refractivity contribution is -0.384. The molecule has 0 saturated carbocycles. The minimum Gasteiger partial charge on any atom is -0.318 e. The molecule has 21 heavy (non-hydrogen) atoms. The molecule has 108 valence electrons. The van der Waals surface area contributed by atoms with E-state index in [0.717, 1.165) is 12.1 Å². The zero-order chi connectivity index (χ0) is 15.6. The summed E-state index contributed by atoms with van der Waals surface area (Å²) in [6, 6.07) is 7.67. The number of hydrogen-bond donors (Lipinski definition) is 1. The number of nitrogens with zero attached hydrogens (tertiary/aromatic N) is 1. The predicted molar refractivity (Wildman–Crippen MR) is 80.2 cm³/mol. The number of benzene rings is 2. The number of amides is 1. The van der Waals surface area contributed by atoms with Crippen LogP contribution in [-0.2, 0) is 0 Å². The van der Waals surface area contributed by atoms with E-state index in [2.05, 4.69) is 21.2 Å². The number of non-ortho nitro benzene ring substituents is 1. The first-order valence-electron chi connectivity index (χ1n) is 5.59. The third-order valence-electron chi connectivity index (χ3n) is 2.61.